The van der Waals surface area contributed by atoms with Crippen molar-refractivity contribution in [2.24, 2.45) is 0 Å². The Balaban J connectivity index is 1.30. The SMILES string of the molecule is CN(C)CCOc1ccc(CN2CC[C@@H](c3nnc(-c4cnccn4)o3)C2)cc1. The summed E-state index contributed by atoms with van der Waals surface area (Å²) in [5.41, 5.74) is 1.88. The van der Waals surface area contributed by atoms with Crippen LogP contribution in [0.4, 0.5) is 0 Å². The standard InChI is InChI=1S/C21H26N6O2/c1-26(2)11-12-28-18-5-3-16(4-6-18)14-27-10-7-17(15-27)20-24-25-21(29-20)19-13-22-8-9-23-19/h3-6,8-9,13,17H,7,10-12,14-15H2,1-2H3/t17-/m1/s1. The van der Waals surface area contributed by atoms with E-state index in [1.807, 2.05) is 26.2 Å². The summed E-state index contributed by atoms with van der Waals surface area (Å²) in [6, 6.07) is 8.36. The van der Waals surface area contributed by atoms with E-state index in [9.17, 15) is 0 Å². The van der Waals surface area contributed by atoms with Crippen molar-refractivity contribution in [1.82, 2.24) is 30.0 Å². The molecule has 29 heavy (non-hydrogen) atoms. The lowest BCUT2D eigenvalue weighted by Gasteiger charge is -2.16. The molecule has 4 rings (SSSR count). The smallest absolute Gasteiger partial charge is 0.267 e. The zero-order chi connectivity index (χ0) is 20.1. The van der Waals surface area contributed by atoms with Crippen molar-refractivity contribution in [1.29, 1.82) is 0 Å². The van der Waals surface area contributed by atoms with E-state index in [1.165, 1.54) is 5.56 Å². The maximum absolute atomic E-state index is 5.85. The number of benzene rings is 1. The molecular weight excluding hydrogens is 368 g/mol. The van der Waals surface area contributed by atoms with Crippen LogP contribution in [0, 0.1) is 0 Å². The Morgan fingerprint density at radius 1 is 1.17 bits per heavy atom. The van der Waals surface area contributed by atoms with E-state index >= 15 is 0 Å². The third-order valence-corrected chi connectivity index (χ3v) is 4.98. The Bertz CT molecular complexity index is 897. The van der Waals surface area contributed by atoms with Gasteiger partial charge in [0.05, 0.1) is 12.1 Å². The van der Waals surface area contributed by atoms with Gasteiger partial charge in [0.1, 0.15) is 18.1 Å². The first-order valence-electron chi connectivity index (χ1n) is 9.86. The second-order valence-electron chi connectivity index (χ2n) is 7.55. The average Bonchev–Trinajstić information content (AvgIpc) is 3.39. The fraction of sp³-hybridized carbons (Fsp3) is 0.429. The first-order valence-corrected chi connectivity index (χ1v) is 9.86. The number of likely N-dealkylation sites (tertiary alicyclic amines) is 1. The number of hydrogen-bond acceptors (Lipinski definition) is 8. The lowest BCUT2D eigenvalue weighted by Crippen LogP contribution is -2.20. The molecule has 0 amide bonds. The van der Waals surface area contributed by atoms with Crippen LogP contribution in [0.5, 0.6) is 5.75 Å². The van der Waals surface area contributed by atoms with Crippen LogP contribution in [0.1, 0.15) is 23.8 Å². The topological polar surface area (TPSA) is 80.4 Å². The van der Waals surface area contributed by atoms with E-state index < -0.39 is 0 Å². The molecule has 1 atom stereocenters. The molecule has 0 aliphatic carbocycles. The number of likely N-dealkylation sites (N-methyl/N-ethyl adjacent to an activating group) is 1. The molecule has 3 aromatic rings. The Labute approximate surface area is 170 Å². The fourth-order valence-corrected chi connectivity index (χ4v) is 3.39. The summed E-state index contributed by atoms with van der Waals surface area (Å²) in [5.74, 6) is 2.27. The molecule has 1 saturated heterocycles. The van der Waals surface area contributed by atoms with Crippen molar-refractivity contribution in [2.45, 2.75) is 18.9 Å². The summed E-state index contributed by atoms with van der Waals surface area (Å²) in [7, 11) is 4.08. The van der Waals surface area contributed by atoms with Gasteiger partial charge >= 0.3 is 0 Å². The first kappa shape index (κ1) is 19.5. The second-order valence-corrected chi connectivity index (χ2v) is 7.55. The molecule has 1 aliphatic heterocycles. The van der Waals surface area contributed by atoms with Crippen LogP contribution in [0.15, 0.2) is 47.3 Å². The number of hydrogen-bond donors (Lipinski definition) is 0. The highest BCUT2D eigenvalue weighted by atomic mass is 16.5. The highest BCUT2D eigenvalue weighted by molar-refractivity contribution is 5.43. The minimum Gasteiger partial charge on any atom is -0.492 e. The molecule has 2 aromatic heterocycles. The van der Waals surface area contributed by atoms with Gasteiger partial charge in [-0.3, -0.25) is 9.88 Å². The highest BCUT2D eigenvalue weighted by Gasteiger charge is 2.28. The van der Waals surface area contributed by atoms with Crippen LogP contribution in [0.25, 0.3) is 11.6 Å². The fourth-order valence-electron chi connectivity index (χ4n) is 3.39. The van der Waals surface area contributed by atoms with Crippen LogP contribution < -0.4 is 4.74 Å². The lowest BCUT2D eigenvalue weighted by molar-refractivity contribution is 0.261. The molecule has 1 aliphatic rings. The molecule has 8 heteroatoms. The Morgan fingerprint density at radius 3 is 2.79 bits per heavy atom. The van der Waals surface area contributed by atoms with Crippen LogP contribution in [0.3, 0.4) is 0 Å². The molecule has 1 aromatic carbocycles. The Morgan fingerprint density at radius 2 is 2.03 bits per heavy atom. The molecule has 0 radical (unpaired) electrons. The summed E-state index contributed by atoms with van der Waals surface area (Å²) < 4.78 is 11.6. The third-order valence-electron chi connectivity index (χ3n) is 4.98. The number of aromatic nitrogens is 4. The third kappa shape index (κ3) is 5.16. The van der Waals surface area contributed by atoms with Crippen molar-refractivity contribution in [3.63, 3.8) is 0 Å². The predicted molar refractivity (Wildman–Crippen MR) is 108 cm³/mol. The lowest BCUT2D eigenvalue weighted by atomic mass is 10.1. The van der Waals surface area contributed by atoms with Crippen molar-refractivity contribution < 1.29 is 9.15 Å². The minimum atomic E-state index is 0.251. The van der Waals surface area contributed by atoms with Gasteiger partial charge < -0.3 is 14.1 Å². The molecule has 152 valence electrons. The van der Waals surface area contributed by atoms with Gasteiger partial charge in [-0.15, -0.1) is 10.2 Å². The second kappa shape index (κ2) is 9.11. The van der Waals surface area contributed by atoms with Crippen molar-refractivity contribution in [3.05, 3.63) is 54.3 Å². The van der Waals surface area contributed by atoms with Gasteiger partial charge in [0, 0.05) is 32.0 Å². The average molecular weight is 394 g/mol. The van der Waals surface area contributed by atoms with E-state index in [0.717, 1.165) is 38.3 Å². The minimum absolute atomic E-state index is 0.251. The normalized spacial score (nSPS) is 17.1. The predicted octanol–water partition coefficient (Wildman–Crippen LogP) is 2.46. The van der Waals surface area contributed by atoms with E-state index in [-0.39, 0.29) is 5.92 Å². The van der Waals surface area contributed by atoms with Crippen LogP contribution in [-0.2, 0) is 6.54 Å². The van der Waals surface area contributed by atoms with Gasteiger partial charge in [-0.2, -0.15) is 0 Å². The number of nitrogens with zero attached hydrogens (tertiary/aromatic N) is 6. The summed E-state index contributed by atoms with van der Waals surface area (Å²) >= 11 is 0. The molecule has 0 saturated carbocycles. The maximum Gasteiger partial charge on any atom is 0.267 e. The summed E-state index contributed by atoms with van der Waals surface area (Å²) in [4.78, 5) is 12.8. The number of rotatable bonds is 8. The number of ether oxygens (including phenoxy) is 1. The van der Waals surface area contributed by atoms with Gasteiger partial charge in [0.2, 0.25) is 5.89 Å². The summed E-state index contributed by atoms with van der Waals surface area (Å²) in [6.45, 7) is 4.42. The van der Waals surface area contributed by atoms with Gasteiger partial charge in [0.25, 0.3) is 5.89 Å². The van der Waals surface area contributed by atoms with E-state index in [1.54, 1.807) is 18.6 Å². The molecule has 8 nitrogen and oxygen atoms in total. The van der Waals surface area contributed by atoms with E-state index in [0.29, 0.717) is 24.1 Å². The highest BCUT2D eigenvalue weighted by Crippen LogP contribution is 2.29. The van der Waals surface area contributed by atoms with Crippen LogP contribution in [-0.4, -0.2) is 70.3 Å². The summed E-state index contributed by atoms with van der Waals surface area (Å²) in [5, 5.41) is 8.37. The first-order chi connectivity index (χ1) is 14.2. The largest absolute Gasteiger partial charge is 0.492 e. The van der Waals surface area contributed by atoms with E-state index in [2.05, 4.69) is 42.1 Å². The molecule has 1 fully saturated rings. The monoisotopic (exact) mass is 394 g/mol. The van der Waals surface area contributed by atoms with Gasteiger partial charge in [0.15, 0.2) is 0 Å². The quantitative estimate of drug-likeness (QED) is 0.576. The van der Waals surface area contributed by atoms with Gasteiger partial charge in [-0.05, 0) is 44.8 Å². The van der Waals surface area contributed by atoms with Gasteiger partial charge in [-0.25, -0.2) is 4.98 Å². The van der Waals surface area contributed by atoms with Crippen molar-refractivity contribution >= 4 is 0 Å². The van der Waals surface area contributed by atoms with Gasteiger partial charge in [-0.1, -0.05) is 12.1 Å². The molecular formula is C21H26N6O2. The van der Waals surface area contributed by atoms with Crippen LogP contribution >= 0.6 is 0 Å². The molecule has 0 bridgehead atoms. The zero-order valence-electron chi connectivity index (χ0n) is 16.9. The zero-order valence-corrected chi connectivity index (χ0v) is 16.9. The van der Waals surface area contributed by atoms with Crippen molar-refractivity contribution in [2.75, 3.05) is 40.3 Å². The molecule has 0 N–H and O–H groups in total. The molecule has 3 heterocycles. The van der Waals surface area contributed by atoms with Crippen molar-refractivity contribution in [3.8, 4) is 17.3 Å². The maximum atomic E-state index is 5.85. The molecule has 0 unspecified atom stereocenters. The van der Waals surface area contributed by atoms with E-state index in [4.69, 9.17) is 9.15 Å². The Hall–Kier alpha value is -2.84. The summed E-state index contributed by atoms with van der Waals surface area (Å²) in [6.07, 6.45) is 5.88. The van der Waals surface area contributed by atoms with Crippen LogP contribution in [0.2, 0.25) is 0 Å². The Kier molecular flexibility index (Phi) is 6.12. The molecule has 0 spiro atoms.